The van der Waals surface area contributed by atoms with E-state index >= 15 is 0 Å². The zero-order valence-electron chi connectivity index (χ0n) is 77.4. The molecule has 5 fully saturated rings. The maximum Gasteiger partial charge on any atom is 0.319 e. The Hall–Kier alpha value is -14.3. The molecule has 4 aliphatic heterocycles. The first-order valence-corrected chi connectivity index (χ1v) is 47.1. The summed E-state index contributed by atoms with van der Waals surface area (Å²) >= 11 is 0. The van der Waals surface area contributed by atoms with Crippen LogP contribution in [-0.4, -0.2) is 209 Å². The van der Waals surface area contributed by atoms with Gasteiger partial charge in [-0.2, -0.15) is 0 Å². The molecule has 692 valence electrons. The molecule has 4 saturated heterocycles. The van der Waals surface area contributed by atoms with Gasteiger partial charge in [-0.25, -0.2) is 44.7 Å². The Bertz CT molecular complexity index is 5670. The van der Waals surface area contributed by atoms with Crippen molar-refractivity contribution in [1.82, 2.24) is 59.9 Å². The SMILES string of the molecule is CCCC(=O)Nc1ccc(-c2ccnc(Nc3ccc(N4CCN(CC)CC4)cc3)n2)cc1.CCN1CCN(c2ccc(Nc3nccc(-c4ccc(NC(=O)C5CCCC5)cc4)n3)cc2)CC1.CCNC(=O)Nc1ccc(-c2ccnc(Nc3ccc(N4CCN(CC)CC4)cc3)n2)cc1.O=C(Cc1ccc(-c2ccnc(Cc3ccc(N4CCOCC4)cc3)n2)cc1)c1ccoc1. The van der Waals surface area contributed by atoms with Crippen LogP contribution in [-0.2, 0) is 27.2 Å². The standard InChI is InChI=1S/C28H34N6O.C27H25N3O3.C26H32N6O.C25H31N7O/c1-2-33-17-19-34(20-18-33)25-13-11-24(12-14-25)31-28-29-16-15-26(32-28)21-7-9-23(10-8-21)30-27(35)22-5-3-4-6-22;31-26(23-10-14-33-19-23)17-20-1-5-22(6-2-20)25-9-11-28-27(29-25)18-21-3-7-24(8-4-21)30-12-15-32-16-13-30;1-3-5-25(33)28-21-8-6-20(7-9-21)24-14-15-27-26(30-24)29-22-10-12-23(13-11-22)32-18-16-31(4-2)17-19-32;1-3-26-25(33)29-21-7-5-19(6-8-21)23-13-14-27-24(30-23)28-20-9-11-22(12-10-20)32-17-15-31(4-2)16-18-32/h7-16,22H,2-6,17-20H2,1H3,(H,30,35)(H,29,31,32);1-11,14,19H,12-13,15-18H2;6-15H,3-5,16-19H2,1-2H3,(H,28,33)(H,27,29,30);5-14H,3-4,15-18H2,1-2H3,(H2,26,29,33)(H,27,28,30). The highest BCUT2D eigenvalue weighted by molar-refractivity contribution is 5.97. The zero-order valence-corrected chi connectivity index (χ0v) is 77.4. The van der Waals surface area contributed by atoms with Crippen LogP contribution in [0.3, 0.4) is 0 Å². The Kier molecular flexibility index (Phi) is 33.9. The third kappa shape index (κ3) is 27.4. The second kappa shape index (κ2) is 48.2. The highest BCUT2D eigenvalue weighted by Gasteiger charge is 2.25. The first-order chi connectivity index (χ1) is 65.7. The molecule has 28 heteroatoms. The summed E-state index contributed by atoms with van der Waals surface area (Å²) in [5.41, 5.74) is 20.2. The van der Waals surface area contributed by atoms with Crippen molar-refractivity contribution in [1.29, 1.82) is 0 Å². The zero-order chi connectivity index (χ0) is 92.6. The summed E-state index contributed by atoms with van der Waals surface area (Å²) in [5.74, 6) is 2.81. The number of likely N-dealkylation sites (N-methyl/N-ethyl adjacent to an activating group) is 3. The average Bonchev–Trinajstić information content (AvgIpc) is 0.922. The molecule has 1 aliphatic carbocycles. The molecule has 18 rings (SSSR count). The van der Waals surface area contributed by atoms with Crippen LogP contribution in [0.15, 0.2) is 266 Å². The summed E-state index contributed by atoms with van der Waals surface area (Å²) in [4.78, 5) is 102. The average molecular weight is 1800 g/mol. The molecule has 13 aromatic rings. The number of rotatable bonds is 29. The molecule has 0 spiro atoms. The van der Waals surface area contributed by atoms with E-state index in [-0.39, 0.29) is 29.5 Å². The van der Waals surface area contributed by atoms with Crippen LogP contribution in [0.2, 0.25) is 0 Å². The Morgan fingerprint density at radius 3 is 1.13 bits per heavy atom. The van der Waals surface area contributed by atoms with Gasteiger partial charge in [0.1, 0.15) is 12.1 Å². The summed E-state index contributed by atoms with van der Waals surface area (Å²) in [6, 6.07) is 74.1. The van der Waals surface area contributed by atoms with Crippen LogP contribution in [0, 0.1) is 5.92 Å². The number of carbonyl (C=O) groups is 4. The molecule has 8 aromatic carbocycles. The minimum atomic E-state index is -0.215. The number of ketones is 1. The first kappa shape index (κ1) is 94.3. The predicted octanol–water partition coefficient (Wildman–Crippen LogP) is 18.7. The Labute approximate surface area is 785 Å². The van der Waals surface area contributed by atoms with Crippen molar-refractivity contribution in [3.05, 3.63) is 284 Å². The van der Waals surface area contributed by atoms with Gasteiger partial charge in [0.25, 0.3) is 0 Å². The minimum absolute atomic E-state index is 0.0352. The highest BCUT2D eigenvalue weighted by Crippen LogP contribution is 2.32. The first-order valence-electron chi connectivity index (χ1n) is 47.1. The molecular weight excluding hydrogens is 1680 g/mol. The van der Waals surface area contributed by atoms with Crippen LogP contribution in [0.1, 0.15) is 100 Å². The molecule has 0 bridgehead atoms. The number of hydrogen-bond acceptors (Lipinski definition) is 24. The summed E-state index contributed by atoms with van der Waals surface area (Å²) < 4.78 is 10.4. The van der Waals surface area contributed by atoms with Crippen molar-refractivity contribution in [2.75, 3.05) is 183 Å². The Morgan fingerprint density at radius 2 is 0.739 bits per heavy atom. The molecule has 9 heterocycles. The van der Waals surface area contributed by atoms with E-state index in [1.807, 2.05) is 135 Å². The van der Waals surface area contributed by atoms with Crippen LogP contribution < -0.4 is 56.8 Å². The number of Topliss-reactive ketones (excluding diaryl/α,β-unsaturated/α-hetero) is 1. The number of anilines is 13. The van der Waals surface area contributed by atoms with Gasteiger partial charge in [0, 0.05) is 227 Å². The predicted molar refractivity (Wildman–Crippen MR) is 538 cm³/mol. The molecule has 0 radical (unpaired) electrons. The molecule has 0 atom stereocenters. The Balaban J connectivity index is 0.000000136. The minimum Gasteiger partial charge on any atom is -0.472 e. The lowest BCUT2D eigenvalue weighted by molar-refractivity contribution is -0.119. The number of piperazine rings is 3. The quantitative estimate of drug-likeness (QED) is 0.0214. The number of carbonyl (C=O) groups excluding carboxylic acids is 4. The van der Waals surface area contributed by atoms with Gasteiger partial charge in [-0.05, 0) is 209 Å². The molecule has 28 nitrogen and oxygen atoms in total. The summed E-state index contributed by atoms with van der Waals surface area (Å²) in [7, 11) is 0. The van der Waals surface area contributed by atoms with Crippen molar-refractivity contribution >= 4 is 98.3 Å². The second-order valence-electron chi connectivity index (χ2n) is 33.7. The number of urea groups is 1. The number of nitrogens with zero attached hydrogens (tertiary/aromatic N) is 15. The number of ether oxygens (including phenoxy) is 1. The third-order valence-electron chi connectivity index (χ3n) is 24.6. The summed E-state index contributed by atoms with van der Waals surface area (Å²) in [6.07, 6.45) is 16.7. The molecule has 5 aromatic heterocycles. The van der Waals surface area contributed by atoms with E-state index < -0.39 is 0 Å². The van der Waals surface area contributed by atoms with Crippen LogP contribution in [0.25, 0.3) is 45.0 Å². The normalized spacial score (nSPS) is 14.8. The molecule has 0 unspecified atom stereocenters. The van der Waals surface area contributed by atoms with Gasteiger partial charge in [-0.1, -0.05) is 113 Å². The lowest BCUT2D eigenvalue weighted by Gasteiger charge is -2.35. The van der Waals surface area contributed by atoms with E-state index in [0.29, 0.717) is 49.2 Å². The maximum atomic E-state index is 12.4. The van der Waals surface area contributed by atoms with E-state index in [4.69, 9.17) is 19.1 Å². The molecule has 5 aliphatic rings. The highest BCUT2D eigenvalue weighted by atomic mass is 16.5. The van der Waals surface area contributed by atoms with Gasteiger partial charge in [0.05, 0.1) is 47.8 Å². The largest absolute Gasteiger partial charge is 0.472 e. The molecular formula is C106H122N22O6. The summed E-state index contributed by atoms with van der Waals surface area (Å²) in [5, 5.41) is 21.4. The van der Waals surface area contributed by atoms with Crippen molar-refractivity contribution in [3.8, 4) is 45.0 Å². The lowest BCUT2D eigenvalue weighted by atomic mass is 10.0. The molecule has 4 amide bonds. The number of benzene rings is 8. The number of nitrogens with one attached hydrogen (secondary N) is 7. The smallest absolute Gasteiger partial charge is 0.319 e. The molecule has 1 saturated carbocycles. The monoisotopic (exact) mass is 1800 g/mol. The number of aromatic nitrogens is 8. The van der Waals surface area contributed by atoms with Crippen LogP contribution in [0.4, 0.5) is 79.5 Å². The van der Waals surface area contributed by atoms with Crippen molar-refractivity contribution < 1.29 is 28.3 Å². The molecule has 7 N–H and O–H groups in total. The van der Waals surface area contributed by atoms with Crippen molar-refractivity contribution in [3.63, 3.8) is 0 Å². The lowest BCUT2D eigenvalue weighted by Crippen LogP contribution is -2.46. The fourth-order valence-electron chi connectivity index (χ4n) is 16.7. The van der Waals surface area contributed by atoms with Gasteiger partial charge in [0.2, 0.25) is 29.7 Å². The fourth-order valence-corrected chi connectivity index (χ4v) is 16.7. The van der Waals surface area contributed by atoms with Gasteiger partial charge in [-0.3, -0.25) is 14.4 Å². The topological polar surface area (TPSA) is 301 Å². The Morgan fingerprint density at radius 1 is 0.373 bits per heavy atom. The van der Waals surface area contributed by atoms with E-state index in [9.17, 15) is 19.2 Å². The third-order valence-corrected chi connectivity index (χ3v) is 24.6. The van der Waals surface area contributed by atoms with Gasteiger partial charge >= 0.3 is 6.03 Å². The van der Waals surface area contributed by atoms with Crippen molar-refractivity contribution in [2.24, 2.45) is 5.92 Å². The fraction of sp³-hybridized carbons (Fsp3) is 0.321. The van der Waals surface area contributed by atoms with E-state index in [1.165, 1.54) is 40.8 Å². The van der Waals surface area contributed by atoms with Gasteiger partial charge < -0.3 is 80.7 Å². The maximum absolute atomic E-state index is 12.4. The van der Waals surface area contributed by atoms with Crippen LogP contribution >= 0.6 is 0 Å². The second-order valence-corrected chi connectivity index (χ2v) is 33.7. The number of hydrogen-bond donors (Lipinski definition) is 7. The number of amides is 4. The van der Waals surface area contributed by atoms with Gasteiger partial charge in [0.15, 0.2) is 5.78 Å². The van der Waals surface area contributed by atoms with E-state index in [1.54, 1.807) is 30.9 Å². The van der Waals surface area contributed by atoms with E-state index in [0.717, 1.165) is 247 Å². The van der Waals surface area contributed by atoms with Crippen molar-refractivity contribution in [2.45, 2.75) is 86.0 Å². The van der Waals surface area contributed by atoms with Gasteiger partial charge in [-0.15, -0.1) is 0 Å². The summed E-state index contributed by atoms with van der Waals surface area (Å²) in [6.45, 7) is 31.0. The molecule has 134 heavy (non-hydrogen) atoms. The number of furan rings is 1. The number of morpholine rings is 1. The van der Waals surface area contributed by atoms with E-state index in [2.05, 4.69) is 219 Å². The van der Waals surface area contributed by atoms with Crippen LogP contribution in [0.5, 0.6) is 0 Å².